The van der Waals surface area contributed by atoms with E-state index in [0.29, 0.717) is 37.1 Å². The van der Waals surface area contributed by atoms with E-state index in [9.17, 15) is 4.79 Å². The molecule has 0 bridgehead atoms. The average molecular weight is 433 g/mol. The maximum absolute atomic E-state index is 12.4. The number of oxazole rings is 1. The van der Waals surface area contributed by atoms with Crippen LogP contribution in [0.4, 0.5) is 0 Å². The van der Waals surface area contributed by atoms with Crippen molar-refractivity contribution in [1.29, 1.82) is 0 Å². The van der Waals surface area contributed by atoms with Crippen LogP contribution in [0.5, 0.6) is 0 Å². The van der Waals surface area contributed by atoms with Crippen molar-refractivity contribution in [3.8, 4) is 0 Å². The molecule has 1 aromatic carbocycles. The van der Waals surface area contributed by atoms with Crippen molar-refractivity contribution in [3.05, 3.63) is 83.3 Å². The third-order valence-corrected chi connectivity index (χ3v) is 5.78. The highest BCUT2D eigenvalue weighted by Gasteiger charge is 2.30. The zero-order valence-electron chi connectivity index (χ0n) is 19.2. The highest BCUT2D eigenvalue weighted by Crippen LogP contribution is 2.30. The van der Waals surface area contributed by atoms with Gasteiger partial charge < -0.3 is 9.73 Å². The summed E-state index contributed by atoms with van der Waals surface area (Å²) in [4.78, 5) is 23.5. The molecule has 32 heavy (non-hydrogen) atoms. The monoisotopic (exact) mass is 432 g/mol. The van der Waals surface area contributed by atoms with Gasteiger partial charge in [0, 0.05) is 37.4 Å². The molecule has 1 amide bonds. The van der Waals surface area contributed by atoms with Gasteiger partial charge in [-0.05, 0) is 41.5 Å². The summed E-state index contributed by atoms with van der Waals surface area (Å²) in [5, 5.41) is 2.89. The van der Waals surface area contributed by atoms with Crippen LogP contribution in [0.1, 0.15) is 66.8 Å². The molecule has 2 heterocycles. The zero-order valence-corrected chi connectivity index (χ0v) is 19.2. The number of amides is 1. The van der Waals surface area contributed by atoms with Crippen LogP contribution in [-0.4, -0.2) is 33.4 Å². The maximum atomic E-state index is 12.4. The molecule has 168 valence electrons. The molecule has 3 aromatic rings. The molecule has 1 saturated carbocycles. The van der Waals surface area contributed by atoms with Crippen molar-refractivity contribution in [2.45, 2.75) is 64.6 Å². The third-order valence-electron chi connectivity index (χ3n) is 5.78. The fraction of sp³-hybridized carbons (Fsp3) is 0.423. The summed E-state index contributed by atoms with van der Waals surface area (Å²) in [6.45, 7) is 8.65. The minimum absolute atomic E-state index is 0.154. The van der Waals surface area contributed by atoms with Gasteiger partial charge in [-0.3, -0.25) is 14.7 Å². The van der Waals surface area contributed by atoms with E-state index in [1.807, 2.05) is 18.2 Å². The first-order valence-electron chi connectivity index (χ1n) is 11.3. The van der Waals surface area contributed by atoms with Gasteiger partial charge in [-0.15, -0.1) is 0 Å². The molecule has 0 unspecified atom stereocenters. The number of rotatable bonds is 9. The van der Waals surface area contributed by atoms with Crippen LogP contribution >= 0.6 is 0 Å². The summed E-state index contributed by atoms with van der Waals surface area (Å²) in [7, 11) is 0. The lowest BCUT2D eigenvalue weighted by molar-refractivity contribution is 0.0949. The second kappa shape index (κ2) is 9.65. The number of pyridine rings is 1. The van der Waals surface area contributed by atoms with Crippen molar-refractivity contribution in [3.63, 3.8) is 0 Å². The largest absolute Gasteiger partial charge is 0.447 e. The Balaban J connectivity index is 1.32. The number of carbonyl (C=O) groups is 1. The minimum atomic E-state index is -0.216. The van der Waals surface area contributed by atoms with E-state index >= 15 is 0 Å². The van der Waals surface area contributed by atoms with Crippen LogP contribution in [0.2, 0.25) is 0 Å². The van der Waals surface area contributed by atoms with E-state index in [1.54, 1.807) is 6.20 Å². The first kappa shape index (κ1) is 22.2. The SMILES string of the molecule is CC(C)(C)c1ccc(CN(Cc2nc(C(=O)NCCc3ccccn3)co2)C2CC2)cc1. The Morgan fingerprint density at radius 1 is 1.12 bits per heavy atom. The van der Waals surface area contributed by atoms with E-state index in [0.717, 1.165) is 12.2 Å². The number of nitrogens with zero attached hydrogens (tertiary/aromatic N) is 3. The van der Waals surface area contributed by atoms with Crippen molar-refractivity contribution in [2.24, 2.45) is 0 Å². The average Bonchev–Trinajstić information content (AvgIpc) is 3.52. The molecule has 0 radical (unpaired) electrons. The van der Waals surface area contributed by atoms with Crippen LogP contribution in [0.25, 0.3) is 0 Å². The molecule has 1 N–H and O–H groups in total. The molecular weight excluding hydrogens is 400 g/mol. The molecule has 6 heteroatoms. The highest BCUT2D eigenvalue weighted by molar-refractivity contribution is 5.91. The Morgan fingerprint density at radius 2 is 1.91 bits per heavy atom. The van der Waals surface area contributed by atoms with Crippen LogP contribution in [-0.2, 0) is 24.9 Å². The number of benzene rings is 1. The summed E-state index contributed by atoms with van der Waals surface area (Å²) in [5.74, 6) is 0.366. The fourth-order valence-corrected chi connectivity index (χ4v) is 3.70. The van der Waals surface area contributed by atoms with Gasteiger partial charge >= 0.3 is 0 Å². The Bertz CT molecular complexity index is 1020. The minimum Gasteiger partial charge on any atom is -0.447 e. The van der Waals surface area contributed by atoms with Crippen LogP contribution in [0.3, 0.4) is 0 Å². The first-order valence-corrected chi connectivity index (χ1v) is 11.3. The van der Waals surface area contributed by atoms with E-state index < -0.39 is 0 Å². The summed E-state index contributed by atoms with van der Waals surface area (Å²) in [5.41, 5.74) is 4.05. The Hall–Kier alpha value is -2.99. The molecule has 0 spiro atoms. The molecule has 1 aliphatic carbocycles. The summed E-state index contributed by atoms with van der Waals surface area (Å²) in [6, 6.07) is 15.2. The summed E-state index contributed by atoms with van der Waals surface area (Å²) in [6.07, 6.45) is 6.28. The second-order valence-corrected chi connectivity index (χ2v) is 9.54. The smallest absolute Gasteiger partial charge is 0.273 e. The van der Waals surface area contributed by atoms with E-state index in [-0.39, 0.29) is 11.3 Å². The molecular formula is C26H32N4O2. The van der Waals surface area contributed by atoms with Crippen LogP contribution in [0.15, 0.2) is 59.3 Å². The highest BCUT2D eigenvalue weighted by atomic mass is 16.3. The van der Waals surface area contributed by atoms with Gasteiger partial charge in [0.1, 0.15) is 6.26 Å². The predicted molar refractivity (Wildman–Crippen MR) is 124 cm³/mol. The molecule has 4 rings (SSSR count). The molecule has 0 atom stereocenters. The standard InChI is InChI=1S/C26H32N4O2/c1-26(2,3)20-9-7-19(8-10-20)16-30(22-11-12-22)17-24-29-23(18-32-24)25(31)28-15-13-21-6-4-5-14-27-21/h4-10,14,18,22H,11-13,15-17H2,1-3H3,(H,28,31). The maximum Gasteiger partial charge on any atom is 0.273 e. The molecule has 2 aromatic heterocycles. The Kier molecular flexibility index (Phi) is 6.70. The van der Waals surface area contributed by atoms with Crippen molar-refractivity contribution in [2.75, 3.05) is 6.54 Å². The van der Waals surface area contributed by atoms with Gasteiger partial charge in [-0.2, -0.15) is 0 Å². The van der Waals surface area contributed by atoms with Gasteiger partial charge in [-0.25, -0.2) is 4.98 Å². The van der Waals surface area contributed by atoms with Gasteiger partial charge in [0.05, 0.1) is 6.54 Å². The molecule has 0 saturated heterocycles. The summed E-state index contributed by atoms with van der Waals surface area (Å²) >= 11 is 0. The van der Waals surface area contributed by atoms with Gasteiger partial charge in [0.15, 0.2) is 5.69 Å². The normalized spacial score (nSPS) is 14.0. The zero-order chi connectivity index (χ0) is 22.6. The van der Waals surface area contributed by atoms with Crippen molar-refractivity contribution >= 4 is 5.91 Å². The number of carbonyl (C=O) groups excluding carboxylic acids is 1. The molecule has 1 aliphatic rings. The predicted octanol–water partition coefficient (Wildman–Crippen LogP) is 4.50. The molecule has 0 aliphatic heterocycles. The lowest BCUT2D eigenvalue weighted by Gasteiger charge is -2.22. The molecule has 1 fully saturated rings. The van der Waals surface area contributed by atoms with Gasteiger partial charge in [-0.1, -0.05) is 51.1 Å². The lowest BCUT2D eigenvalue weighted by atomic mass is 9.87. The van der Waals surface area contributed by atoms with Gasteiger partial charge in [0.25, 0.3) is 5.91 Å². The fourth-order valence-electron chi connectivity index (χ4n) is 3.70. The van der Waals surface area contributed by atoms with Gasteiger partial charge in [0.2, 0.25) is 5.89 Å². The van der Waals surface area contributed by atoms with E-state index in [4.69, 9.17) is 4.42 Å². The molecule has 6 nitrogen and oxygen atoms in total. The number of hydrogen-bond donors (Lipinski definition) is 1. The van der Waals surface area contributed by atoms with E-state index in [2.05, 4.69) is 65.2 Å². The van der Waals surface area contributed by atoms with Crippen molar-refractivity contribution < 1.29 is 9.21 Å². The number of aromatic nitrogens is 2. The van der Waals surface area contributed by atoms with E-state index in [1.165, 1.54) is 30.2 Å². The quantitative estimate of drug-likeness (QED) is 0.539. The second-order valence-electron chi connectivity index (χ2n) is 9.54. The topological polar surface area (TPSA) is 71.3 Å². The third kappa shape index (κ3) is 6.04. The summed E-state index contributed by atoms with van der Waals surface area (Å²) < 4.78 is 5.63. The van der Waals surface area contributed by atoms with Crippen LogP contribution < -0.4 is 5.32 Å². The van der Waals surface area contributed by atoms with Crippen molar-refractivity contribution in [1.82, 2.24) is 20.2 Å². The number of nitrogens with one attached hydrogen (secondary N) is 1. The Morgan fingerprint density at radius 3 is 2.56 bits per heavy atom. The number of hydrogen-bond acceptors (Lipinski definition) is 5. The first-order chi connectivity index (χ1) is 15.4. The Labute approximate surface area is 190 Å². The lowest BCUT2D eigenvalue weighted by Crippen LogP contribution is -2.27. The van der Waals surface area contributed by atoms with Crippen LogP contribution in [0, 0.1) is 0 Å².